The highest BCUT2D eigenvalue weighted by Crippen LogP contribution is 2.35. The second-order valence-electron chi connectivity index (χ2n) is 6.22. The fourth-order valence-electron chi connectivity index (χ4n) is 3.06. The quantitative estimate of drug-likeness (QED) is 0.554. The van der Waals surface area contributed by atoms with Crippen LogP contribution in [0.1, 0.15) is 5.69 Å². The number of nitrogens with zero attached hydrogens (tertiary/aromatic N) is 3. The molecule has 1 aromatic carbocycles. The Bertz CT molecular complexity index is 1150. The molecule has 0 bridgehead atoms. The van der Waals surface area contributed by atoms with Crippen LogP contribution in [0.2, 0.25) is 0 Å². The van der Waals surface area contributed by atoms with Crippen molar-refractivity contribution in [3.63, 3.8) is 0 Å². The minimum Gasteiger partial charge on any atom is -0.487 e. The zero-order valence-corrected chi connectivity index (χ0v) is 14.6. The monoisotopic (exact) mass is 349 g/mol. The van der Waals surface area contributed by atoms with Gasteiger partial charge in [0.05, 0.1) is 5.69 Å². The van der Waals surface area contributed by atoms with Crippen molar-refractivity contribution >= 4 is 16.6 Å². The number of aryl methyl sites for hydroxylation is 2. The molecule has 7 nitrogen and oxygen atoms in total. The van der Waals surface area contributed by atoms with Crippen LogP contribution >= 0.6 is 0 Å². The summed E-state index contributed by atoms with van der Waals surface area (Å²) >= 11 is 0. The summed E-state index contributed by atoms with van der Waals surface area (Å²) in [6.45, 7) is 0.384. The highest BCUT2D eigenvalue weighted by Gasteiger charge is 2.15. The van der Waals surface area contributed by atoms with Gasteiger partial charge in [-0.05, 0) is 30.3 Å². The Hall–Kier alpha value is -3.48. The first-order valence-corrected chi connectivity index (χ1v) is 8.21. The lowest BCUT2D eigenvalue weighted by molar-refractivity contribution is 0.296. The molecule has 0 amide bonds. The van der Waals surface area contributed by atoms with Crippen molar-refractivity contribution < 1.29 is 4.74 Å². The number of aromatic amines is 1. The molecule has 0 spiro atoms. The van der Waals surface area contributed by atoms with Gasteiger partial charge in [0.2, 0.25) is 0 Å². The largest absolute Gasteiger partial charge is 0.487 e. The van der Waals surface area contributed by atoms with Crippen LogP contribution in [-0.4, -0.2) is 19.3 Å². The van der Waals surface area contributed by atoms with Crippen molar-refractivity contribution in [1.82, 2.24) is 19.3 Å². The molecule has 7 heteroatoms. The van der Waals surface area contributed by atoms with Gasteiger partial charge in [0, 0.05) is 54.9 Å². The number of pyridine rings is 1. The van der Waals surface area contributed by atoms with Gasteiger partial charge in [-0.2, -0.15) is 5.10 Å². The molecule has 3 N–H and O–H groups in total. The SMILES string of the molecule is Cn1nccc1COc1ccc(N)cc1-c1cn(C)c(=O)c2[nH]ccc12. The second kappa shape index (κ2) is 6.11. The van der Waals surface area contributed by atoms with Gasteiger partial charge in [-0.25, -0.2) is 0 Å². The van der Waals surface area contributed by atoms with Gasteiger partial charge in [0.1, 0.15) is 17.9 Å². The lowest BCUT2D eigenvalue weighted by Gasteiger charge is -2.14. The van der Waals surface area contributed by atoms with Gasteiger partial charge < -0.3 is 20.0 Å². The van der Waals surface area contributed by atoms with E-state index in [-0.39, 0.29) is 5.56 Å². The number of nitrogen functional groups attached to an aromatic ring is 1. The number of ether oxygens (including phenoxy) is 1. The number of hydrogen-bond acceptors (Lipinski definition) is 4. The molecule has 3 aromatic heterocycles. The van der Waals surface area contributed by atoms with Crippen LogP contribution in [0.15, 0.2) is 53.7 Å². The first-order valence-electron chi connectivity index (χ1n) is 8.21. The Morgan fingerprint density at radius 1 is 1.19 bits per heavy atom. The molecule has 0 unspecified atom stereocenters. The average molecular weight is 349 g/mol. The number of H-pyrrole nitrogens is 1. The first-order chi connectivity index (χ1) is 12.5. The molecule has 0 aliphatic heterocycles. The molecule has 0 saturated carbocycles. The maximum absolute atomic E-state index is 12.3. The van der Waals surface area contributed by atoms with E-state index in [0.717, 1.165) is 22.2 Å². The number of benzene rings is 1. The Morgan fingerprint density at radius 2 is 2.04 bits per heavy atom. The highest BCUT2D eigenvalue weighted by molar-refractivity contribution is 5.96. The summed E-state index contributed by atoms with van der Waals surface area (Å²) in [4.78, 5) is 15.3. The van der Waals surface area contributed by atoms with E-state index in [0.29, 0.717) is 23.6 Å². The molecule has 4 rings (SSSR count). The third-order valence-corrected chi connectivity index (χ3v) is 4.49. The summed E-state index contributed by atoms with van der Waals surface area (Å²) in [6, 6.07) is 9.32. The maximum atomic E-state index is 12.3. The first kappa shape index (κ1) is 16.0. The fourth-order valence-corrected chi connectivity index (χ4v) is 3.06. The average Bonchev–Trinajstić information content (AvgIpc) is 3.26. The lowest BCUT2D eigenvalue weighted by atomic mass is 10.0. The Balaban J connectivity index is 1.83. The Labute approximate surface area is 149 Å². The van der Waals surface area contributed by atoms with Crippen LogP contribution in [0, 0.1) is 0 Å². The van der Waals surface area contributed by atoms with E-state index in [9.17, 15) is 4.79 Å². The van der Waals surface area contributed by atoms with Crippen LogP contribution in [0.25, 0.3) is 22.0 Å². The van der Waals surface area contributed by atoms with Crippen molar-refractivity contribution in [3.05, 3.63) is 65.0 Å². The van der Waals surface area contributed by atoms with Gasteiger partial charge >= 0.3 is 0 Å². The van der Waals surface area contributed by atoms with Crippen molar-refractivity contribution in [2.75, 3.05) is 5.73 Å². The molecule has 4 aromatic rings. The predicted molar refractivity (Wildman–Crippen MR) is 101 cm³/mol. The summed E-state index contributed by atoms with van der Waals surface area (Å²) in [7, 11) is 3.60. The van der Waals surface area contributed by atoms with E-state index >= 15 is 0 Å². The van der Waals surface area contributed by atoms with Crippen LogP contribution in [0.3, 0.4) is 0 Å². The highest BCUT2D eigenvalue weighted by atomic mass is 16.5. The van der Waals surface area contributed by atoms with Gasteiger partial charge in [-0.15, -0.1) is 0 Å². The molecular formula is C19H19N5O2. The van der Waals surface area contributed by atoms with Crippen LogP contribution in [-0.2, 0) is 20.7 Å². The second-order valence-corrected chi connectivity index (χ2v) is 6.22. The smallest absolute Gasteiger partial charge is 0.274 e. The van der Waals surface area contributed by atoms with E-state index in [4.69, 9.17) is 10.5 Å². The summed E-state index contributed by atoms with van der Waals surface area (Å²) in [5.41, 5.74) is 9.82. The lowest BCUT2D eigenvalue weighted by Crippen LogP contribution is -2.16. The van der Waals surface area contributed by atoms with Crippen molar-refractivity contribution in [1.29, 1.82) is 0 Å². The molecule has 26 heavy (non-hydrogen) atoms. The van der Waals surface area contributed by atoms with Crippen molar-refractivity contribution in [2.24, 2.45) is 14.1 Å². The molecular weight excluding hydrogens is 330 g/mol. The number of hydrogen-bond donors (Lipinski definition) is 2. The Kier molecular flexibility index (Phi) is 3.76. The molecule has 0 atom stereocenters. The van der Waals surface area contributed by atoms with Crippen molar-refractivity contribution in [3.8, 4) is 16.9 Å². The molecule has 0 aliphatic rings. The standard InChI is InChI=1S/C19H19N5O2/c1-23-10-16(14-6-7-21-18(14)19(23)25)15-9-12(20)3-4-17(15)26-11-13-5-8-22-24(13)2/h3-10,21H,11,20H2,1-2H3. The number of nitrogens with two attached hydrogens (primary N) is 1. The molecule has 132 valence electrons. The zero-order chi connectivity index (χ0) is 18.3. The molecule has 3 heterocycles. The van der Waals surface area contributed by atoms with Crippen LogP contribution < -0.4 is 16.0 Å². The summed E-state index contributed by atoms with van der Waals surface area (Å²) in [5.74, 6) is 0.696. The van der Waals surface area contributed by atoms with Crippen molar-refractivity contribution in [2.45, 2.75) is 6.61 Å². The Morgan fingerprint density at radius 3 is 2.81 bits per heavy atom. The topological polar surface area (TPSA) is 90.9 Å². The minimum atomic E-state index is -0.0741. The van der Waals surface area contributed by atoms with Crippen LogP contribution in [0.5, 0.6) is 5.75 Å². The van der Waals surface area contributed by atoms with Crippen LogP contribution in [0.4, 0.5) is 5.69 Å². The summed E-state index contributed by atoms with van der Waals surface area (Å²) in [5, 5.41) is 4.99. The van der Waals surface area contributed by atoms with E-state index in [1.807, 2.05) is 37.5 Å². The number of fused-ring (bicyclic) bond motifs is 1. The van der Waals surface area contributed by atoms with E-state index in [2.05, 4.69) is 10.1 Å². The normalized spacial score (nSPS) is 11.2. The molecule has 0 saturated heterocycles. The third-order valence-electron chi connectivity index (χ3n) is 4.49. The molecule has 0 fully saturated rings. The van der Waals surface area contributed by atoms with Gasteiger partial charge in [0.25, 0.3) is 5.56 Å². The van der Waals surface area contributed by atoms with Gasteiger partial charge in [0.15, 0.2) is 0 Å². The molecule has 0 aliphatic carbocycles. The zero-order valence-electron chi connectivity index (χ0n) is 14.6. The summed E-state index contributed by atoms with van der Waals surface area (Å²) < 4.78 is 9.38. The number of aromatic nitrogens is 4. The molecule has 0 radical (unpaired) electrons. The fraction of sp³-hybridized carbons (Fsp3) is 0.158. The third kappa shape index (κ3) is 2.63. The number of nitrogens with one attached hydrogen (secondary N) is 1. The summed E-state index contributed by atoms with van der Waals surface area (Å²) in [6.07, 6.45) is 5.31. The number of anilines is 1. The van der Waals surface area contributed by atoms with Gasteiger partial charge in [-0.3, -0.25) is 9.48 Å². The van der Waals surface area contributed by atoms with Gasteiger partial charge in [-0.1, -0.05) is 0 Å². The van der Waals surface area contributed by atoms with E-state index in [1.165, 1.54) is 0 Å². The predicted octanol–water partition coefficient (Wildman–Crippen LogP) is 2.43. The minimum absolute atomic E-state index is 0.0741. The van der Waals surface area contributed by atoms with E-state index < -0.39 is 0 Å². The van der Waals surface area contributed by atoms with E-state index in [1.54, 1.807) is 34.8 Å². The maximum Gasteiger partial charge on any atom is 0.274 e. The number of rotatable bonds is 4.